The van der Waals surface area contributed by atoms with Gasteiger partial charge in [-0.3, -0.25) is 0 Å². The molecule has 0 aromatic heterocycles. The normalized spacial score (nSPS) is 13.0. The van der Waals surface area contributed by atoms with Crippen molar-refractivity contribution in [2.75, 3.05) is 0 Å². The van der Waals surface area contributed by atoms with E-state index in [0.717, 1.165) is 77.6 Å². The van der Waals surface area contributed by atoms with Crippen LogP contribution in [0.4, 0.5) is 0 Å². The number of rotatable bonds is 6. The largest absolute Gasteiger partial charge is 0.457 e. The van der Waals surface area contributed by atoms with Crippen molar-refractivity contribution in [3.63, 3.8) is 0 Å². The molecule has 8 aromatic rings. The van der Waals surface area contributed by atoms with Crippen molar-refractivity contribution in [3.05, 3.63) is 212 Å². The summed E-state index contributed by atoms with van der Waals surface area (Å²) in [5.41, 5.74) is 13.5. The number of hydrogen-bond acceptors (Lipinski definition) is 5. The predicted molar refractivity (Wildman–Crippen MR) is 229 cm³/mol. The summed E-state index contributed by atoms with van der Waals surface area (Å²) in [6.07, 6.45) is 0. The summed E-state index contributed by atoms with van der Waals surface area (Å²) in [4.78, 5) is 26.1. The molecule has 58 heavy (non-hydrogen) atoms. The van der Waals surface area contributed by atoms with Crippen LogP contribution < -0.4 is 4.74 Å². The van der Waals surface area contributed by atoms with Crippen LogP contribution in [0.3, 0.4) is 0 Å². The summed E-state index contributed by atoms with van der Waals surface area (Å²) < 4.78 is 18.6. The van der Waals surface area contributed by atoms with Gasteiger partial charge < -0.3 is 14.2 Å². The Bertz CT molecular complexity index is 2820. The molecule has 1 aliphatic heterocycles. The van der Waals surface area contributed by atoms with Gasteiger partial charge in [-0.25, -0.2) is 9.59 Å². The SMILES string of the molecule is Cc1ccc(C(=O)OCc2ccc3cc4c(cc3c2)C2(c3cc5cc(COC(=O)c6ccc(C)c(C)c6)ccc5cc3O4)c3ccccc3-c3ccccc32)cc1C. The standard InChI is InChI=1S/C53H40O5/c1-31-13-17-39(21-33(31)3)51(54)56-29-35-15-19-37-27-49-47(25-41(37)23-35)53(45-11-7-5-9-43(45)44-10-6-8-12-46(44)53)48-26-42-24-36(16-20-38(42)28-50(48)58-49)30-57-52(55)40-18-14-32(2)34(4)22-40/h5-28H,29-30H2,1-4H3. The molecular weight excluding hydrogens is 717 g/mol. The first kappa shape index (κ1) is 35.4. The molecule has 10 rings (SSSR count). The van der Waals surface area contributed by atoms with E-state index in [4.69, 9.17) is 14.2 Å². The quantitative estimate of drug-likeness (QED) is 0.158. The fourth-order valence-corrected chi connectivity index (χ4v) is 8.87. The van der Waals surface area contributed by atoms with E-state index in [9.17, 15) is 9.59 Å². The van der Waals surface area contributed by atoms with Gasteiger partial charge in [0.2, 0.25) is 0 Å². The Morgan fingerprint density at radius 3 is 1.34 bits per heavy atom. The summed E-state index contributed by atoms with van der Waals surface area (Å²) in [5, 5.41) is 4.12. The summed E-state index contributed by atoms with van der Waals surface area (Å²) in [7, 11) is 0. The number of fused-ring (bicyclic) bond motifs is 11. The lowest BCUT2D eigenvalue weighted by Crippen LogP contribution is -2.32. The summed E-state index contributed by atoms with van der Waals surface area (Å²) >= 11 is 0. The number of ether oxygens (including phenoxy) is 3. The van der Waals surface area contributed by atoms with E-state index in [2.05, 4.69) is 97.1 Å². The van der Waals surface area contributed by atoms with E-state index in [1.165, 1.54) is 22.3 Å². The topological polar surface area (TPSA) is 61.8 Å². The molecule has 1 spiro atoms. The second-order valence-corrected chi connectivity index (χ2v) is 15.8. The summed E-state index contributed by atoms with van der Waals surface area (Å²) in [6.45, 7) is 8.37. The smallest absolute Gasteiger partial charge is 0.338 e. The van der Waals surface area contributed by atoms with Crippen molar-refractivity contribution < 1.29 is 23.8 Å². The second kappa shape index (κ2) is 13.6. The van der Waals surface area contributed by atoms with Gasteiger partial charge in [0, 0.05) is 11.1 Å². The lowest BCUT2D eigenvalue weighted by Gasteiger charge is -2.40. The highest BCUT2D eigenvalue weighted by Gasteiger charge is 2.51. The van der Waals surface area contributed by atoms with Gasteiger partial charge in [0.15, 0.2) is 0 Å². The average Bonchev–Trinajstić information content (AvgIpc) is 3.53. The molecule has 1 aliphatic carbocycles. The summed E-state index contributed by atoms with van der Waals surface area (Å²) in [5.74, 6) is 0.919. The van der Waals surface area contributed by atoms with Crippen LogP contribution in [0.2, 0.25) is 0 Å². The minimum Gasteiger partial charge on any atom is -0.457 e. The number of carbonyl (C=O) groups is 2. The lowest BCUT2D eigenvalue weighted by molar-refractivity contribution is 0.0464. The first-order valence-corrected chi connectivity index (χ1v) is 19.7. The Morgan fingerprint density at radius 2 is 0.897 bits per heavy atom. The molecule has 282 valence electrons. The number of hydrogen-bond donors (Lipinski definition) is 0. The minimum absolute atomic E-state index is 0.156. The van der Waals surface area contributed by atoms with E-state index >= 15 is 0 Å². The molecule has 2 aliphatic rings. The lowest BCUT2D eigenvalue weighted by atomic mass is 9.65. The molecule has 0 bridgehead atoms. The van der Waals surface area contributed by atoms with Crippen molar-refractivity contribution in [1.29, 1.82) is 0 Å². The molecule has 0 radical (unpaired) electrons. The van der Waals surface area contributed by atoms with Crippen molar-refractivity contribution in [1.82, 2.24) is 0 Å². The third kappa shape index (κ3) is 5.68. The van der Waals surface area contributed by atoms with Crippen LogP contribution in [0.1, 0.15) is 76.4 Å². The molecule has 0 unspecified atom stereocenters. The molecule has 0 saturated heterocycles. The monoisotopic (exact) mass is 756 g/mol. The Hall–Kier alpha value is -6.98. The van der Waals surface area contributed by atoms with Crippen molar-refractivity contribution in [2.24, 2.45) is 0 Å². The molecule has 0 fully saturated rings. The van der Waals surface area contributed by atoms with Crippen molar-refractivity contribution in [3.8, 4) is 22.6 Å². The molecule has 0 atom stereocenters. The van der Waals surface area contributed by atoms with Gasteiger partial charge in [-0.1, -0.05) is 84.9 Å². The minimum atomic E-state index is -0.684. The van der Waals surface area contributed by atoms with Gasteiger partial charge in [-0.05, 0) is 166 Å². The van der Waals surface area contributed by atoms with Gasteiger partial charge in [0.1, 0.15) is 24.7 Å². The highest BCUT2D eigenvalue weighted by Crippen LogP contribution is 2.62. The van der Waals surface area contributed by atoms with Gasteiger partial charge >= 0.3 is 11.9 Å². The zero-order valence-corrected chi connectivity index (χ0v) is 32.8. The molecule has 5 heteroatoms. The fourth-order valence-electron chi connectivity index (χ4n) is 8.87. The molecule has 0 N–H and O–H groups in total. The first-order valence-electron chi connectivity index (χ1n) is 19.7. The molecular formula is C53H40O5. The van der Waals surface area contributed by atoms with E-state index in [0.29, 0.717) is 11.1 Å². The fraction of sp³-hybridized carbons (Fsp3) is 0.132. The predicted octanol–water partition coefficient (Wildman–Crippen LogP) is 12.4. The van der Waals surface area contributed by atoms with Gasteiger partial charge in [-0.15, -0.1) is 0 Å². The van der Waals surface area contributed by atoms with E-state index in [1.54, 1.807) is 0 Å². The van der Waals surface area contributed by atoms with E-state index < -0.39 is 5.41 Å². The second-order valence-electron chi connectivity index (χ2n) is 15.8. The third-order valence-electron chi connectivity index (χ3n) is 12.2. The van der Waals surface area contributed by atoms with E-state index in [-0.39, 0.29) is 25.2 Å². The molecule has 0 amide bonds. The van der Waals surface area contributed by atoms with E-state index in [1.807, 2.05) is 76.2 Å². The van der Waals surface area contributed by atoms with Crippen LogP contribution in [0, 0.1) is 27.7 Å². The van der Waals surface area contributed by atoms with Gasteiger partial charge in [-0.2, -0.15) is 0 Å². The summed E-state index contributed by atoms with van der Waals surface area (Å²) in [6, 6.07) is 49.9. The maximum absolute atomic E-state index is 13.1. The maximum Gasteiger partial charge on any atom is 0.338 e. The zero-order chi connectivity index (χ0) is 39.7. The molecule has 0 saturated carbocycles. The van der Waals surface area contributed by atoms with Crippen LogP contribution in [0.25, 0.3) is 32.7 Å². The number of carbonyl (C=O) groups excluding carboxylic acids is 2. The molecule has 5 nitrogen and oxygen atoms in total. The maximum atomic E-state index is 13.1. The Morgan fingerprint density at radius 1 is 0.448 bits per heavy atom. The van der Waals surface area contributed by atoms with Crippen molar-refractivity contribution in [2.45, 2.75) is 46.3 Å². The molecule has 8 aromatic carbocycles. The Balaban J connectivity index is 1.07. The van der Waals surface area contributed by atoms with Crippen LogP contribution in [0.15, 0.2) is 146 Å². The average molecular weight is 757 g/mol. The van der Waals surface area contributed by atoms with Crippen LogP contribution in [0.5, 0.6) is 11.5 Å². The van der Waals surface area contributed by atoms with Crippen molar-refractivity contribution >= 4 is 33.5 Å². The molecule has 1 heterocycles. The number of benzene rings is 8. The highest BCUT2D eigenvalue weighted by atomic mass is 16.5. The van der Waals surface area contributed by atoms with Gasteiger partial charge in [0.25, 0.3) is 0 Å². The zero-order valence-electron chi connectivity index (χ0n) is 32.8. The van der Waals surface area contributed by atoms with Crippen LogP contribution >= 0.6 is 0 Å². The number of aryl methyl sites for hydroxylation is 4. The van der Waals surface area contributed by atoms with Gasteiger partial charge in [0.05, 0.1) is 16.5 Å². The van der Waals surface area contributed by atoms with Crippen LogP contribution in [-0.4, -0.2) is 11.9 Å². The third-order valence-corrected chi connectivity index (χ3v) is 12.2. The first-order chi connectivity index (χ1) is 28.2. The Kier molecular flexibility index (Phi) is 8.31. The highest BCUT2D eigenvalue weighted by molar-refractivity contribution is 5.96. The number of esters is 2. The Labute approximate surface area is 337 Å². The van der Waals surface area contributed by atoms with Crippen LogP contribution in [-0.2, 0) is 28.1 Å².